The number of hydrazone groups is 1. The smallest absolute Gasteiger partial charge is 0.276 e. The van der Waals surface area contributed by atoms with E-state index in [4.69, 9.17) is 9.47 Å². The summed E-state index contributed by atoms with van der Waals surface area (Å²) in [4.78, 5) is 2.12. The molecule has 8 heteroatoms. The first kappa shape index (κ1) is 17.7. The number of hydrogen-bond acceptors (Lipinski definition) is 5. The second kappa shape index (κ2) is 7.78. The van der Waals surface area contributed by atoms with Gasteiger partial charge in [0.05, 0.1) is 24.8 Å². The summed E-state index contributed by atoms with van der Waals surface area (Å²) < 4.78 is 47.8. The zero-order valence-electron chi connectivity index (χ0n) is 13.2. The summed E-state index contributed by atoms with van der Waals surface area (Å²) in [6.07, 6.45) is 1.20. The van der Waals surface area contributed by atoms with Gasteiger partial charge in [-0.15, -0.1) is 0 Å². The summed E-state index contributed by atoms with van der Waals surface area (Å²) in [6.45, 7) is 2.33. The van der Waals surface area contributed by atoms with E-state index >= 15 is 0 Å². The van der Waals surface area contributed by atoms with Gasteiger partial charge in [-0.2, -0.15) is 13.5 Å². The number of halogens is 1. The van der Waals surface area contributed by atoms with Crippen molar-refractivity contribution in [3.05, 3.63) is 53.8 Å². The normalized spacial score (nSPS) is 11.5. The van der Waals surface area contributed by atoms with Crippen LogP contribution in [-0.4, -0.2) is 28.3 Å². The third-order valence-corrected chi connectivity index (χ3v) is 4.25. The zero-order chi connectivity index (χ0) is 17.6. The lowest BCUT2D eigenvalue weighted by Gasteiger charge is -2.06. The molecule has 6 nitrogen and oxygen atoms in total. The van der Waals surface area contributed by atoms with Gasteiger partial charge in [0.25, 0.3) is 10.0 Å². The maximum atomic E-state index is 13.5. The summed E-state index contributed by atoms with van der Waals surface area (Å²) in [6, 6.07) is 10.1. The number of methoxy groups -OCH3 is 1. The standard InChI is InChI=1S/C16H17FN2O4S/c1-3-23-13-5-7-14(8-6-13)24(20,21)19-18-11-12-4-9-16(22-2)15(17)10-12/h4-11,19H,3H2,1-2H3/b18-11-. The quantitative estimate of drug-likeness (QED) is 0.614. The van der Waals surface area contributed by atoms with Crippen LogP contribution in [-0.2, 0) is 10.0 Å². The van der Waals surface area contributed by atoms with Gasteiger partial charge in [0.2, 0.25) is 0 Å². The van der Waals surface area contributed by atoms with Crippen molar-refractivity contribution in [2.75, 3.05) is 13.7 Å². The summed E-state index contributed by atoms with van der Waals surface area (Å²) >= 11 is 0. The molecule has 0 radical (unpaired) electrons. The van der Waals surface area contributed by atoms with E-state index in [0.717, 1.165) is 0 Å². The molecule has 0 aliphatic carbocycles. The van der Waals surface area contributed by atoms with Crippen molar-refractivity contribution >= 4 is 16.2 Å². The molecule has 0 unspecified atom stereocenters. The topological polar surface area (TPSA) is 77.0 Å². The summed E-state index contributed by atoms with van der Waals surface area (Å²) in [5.74, 6) is 0.117. The lowest BCUT2D eigenvalue weighted by Crippen LogP contribution is -2.18. The van der Waals surface area contributed by atoms with E-state index in [2.05, 4.69) is 9.93 Å². The summed E-state index contributed by atoms with van der Waals surface area (Å²) in [7, 11) is -2.45. The molecule has 24 heavy (non-hydrogen) atoms. The number of sulfonamides is 1. The molecule has 0 amide bonds. The maximum Gasteiger partial charge on any atom is 0.276 e. The monoisotopic (exact) mass is 352 g/mol. The lowest BCUT2D eigenvalue weighted by molar-refractivity contribution is 0.340. The van der Waals surface area contributed by atoms with E-state index in [1.165, 1.54) is 37.6 Å². The van der Waals surface area contributed by atoms with Gasteiger partial charge in [-0.25, -0.2) is 9.22 Å². The highest BCUT2D eigenvalue weighted by Gasteiger charge is 2.12. The average molecular weight is 352 g/mol. The van der Waals surface area contributed by atoms with Crippen molar-refractivity contribution in [1.29, 1.82) is 0 Å². The number of hydrogen-bond donors (Lipinski definition) is 1. The third-order valence-electron chi connectivity index (χ3n) is 3.01. The molecule has 0 aliphatic rings. The SMILES string of the molecule is CCOc1ccc(S(=O)(=O)N/N=C\c2ccc(OC)c(F)c2)cc1. The summed E-state index contributed by atoms with van der Waals surface area (Å²) in [5, 5.41) is 3.64. The van der Waals surface area contributed by atoms with Gasteiger partial charge in [0, 0.05) is 0 Å². The molecule has 0 spiro atoms. The number of benzene rings is 2. The molecular weight excluding hydrogens is 335 g/mol. The van der Waals surface area contributed by atoms with Crippen LogP contribution in [0.25, 0.3) is 0 Å². The Balaban J connectivity index is 2.07. The maximum absolute atomic E-state index is 13.5. The second-order valence-corrected chi connectivity index (χ2v) is 6.31. The molecule has 128 valence electrons. The predicted molar refractivity (Wildman–Crippen MR) is 88.5 cm³/mol. The van der Waals surface area contributed by atoms with Crippen LogP contribution in [0.3, 0.4) is 0 Å². The minimum absolute atomic E-state index is 0.0454. The van der Waals surface area contributed by atoms with Crippen LogP contribution < -0.4 is 14.3 Å². The first-order valence-corrected chi connectivity index (χ1v) is 8.56. The van der Waals surface area contributed by atoms with Crippen molar-refractivity contribution in [3.63, 3.8) is 0 Å². The Kier molecular flexibility index (Phi) is 5.75. The lowest BCUT2D eigenvalue weighted by atomic mass is 10.2. The Morgan fingerprint density at radius 3 is 2.50 bits per heavy atom. The number of ether oxygens (including phenoxy) is 2. The van der Waals surface area contributed by atoms with Crippen LogP contribution in [0, 0.1) is 5.82 Å². The van der Waals surface area contributed by atoms with Crippen LogP contribution in [0.2, 0.25) is 0 Å². The highest BCUT2D eigenvalue weighted by molar-refractivity contribution is 7.89. The van der Waals surface area contributed by atoms with E-state index < -0.39 is 15.8 Å². The Hall–Kier alpha value is -2.61. The van der Waals surface area contributed by atoms with Crippen LogP contribution in [0.5, 0.6) is 11.5 Å². The van der Waals surface area contributed by atoms with Crippen LogP contribution >= 0.6 is 0 Å². The van der Waals surface area contributed by atoms with Gasteiger partial charge in [-0.05, 0) is 55.0 Å². The largest absolute Gasteiger partial charge is 0.494 e. The minimum Gasteiger partial charge on any atom is -0.494 e. The molecule has 0 aromatic heterocycles. The Morgan fingerprint density at radius 1 is 1.21 bits per heavy atom. The van der Waals surface area contributed by atoms with Crippen molar-refractivity contribution in [3.8, 4) is 11.5 Å². The first-order valence-electron chi connectivity index (χ1n) is 7.07. The Bertz CT molecular complexity index is 820. The van der Waals surface area contributed by atoms with E-state index in [1.807, 2.05) is 6.92 Å². The third kappa shape index (κ3) is 4.45. The molecular formula is C16H17FN2O4S. The number of nitrogens with zero attached hydrogens (tertiary/aromatic N) is 1. The van der Waals surface area contributed by atoms with E-state index in [1.54, 1.807) is 18.2 Å². The number of nitrogens with one attached hydrogen (secondary N) is 1. The summed E-state index contributed by atoms with van der Waals surface area (Å²) in [5.41, 5.74) is 0.391. The molecule has 1 N–H and O–H groups in total. The molecule has 0 atom stereocenters. The fourth-order valence-corrected chi connectivity index (χ4v) is 2.66. The molecule has 2 aromatic rings. The van der Waals surface area contributed by atoms with Crippen molar-refractivity contribution < 1.29 is 22.3 Å². The Morgan fingerprint density at radius 2 is 1.92 bits per heavy atom. The van der Waals surface area contributed by atoms with Crippen molar-refractivity contribution in [2.24, 2.45) is 5.10 Å². The van der Waals surface area contributed by atoms with Gasteiger partial charge in [0.1, 0.15) is 5.75 Å². The molecule has 0 bridgehead atoms. The average Bonchev–Trinajstić information content (AvgIpc) is 2.56. The van der Waals surface area contributed by atoms with Gasteiger partial charge >= 0.3 is 0 Å². The molecule has 0 saturated heterocycles. The van der Waals surface area contributed by atoms with E-state index in [0.29, 0.717) is 17.9 Å². The van der Waals surface area contributed by atoms with Crippen LogP contribution in [0.15, 0.2) is 52.5 Å². The number of rotatable bonds is 7. The molecule has 0 aliphatic heterocycles. The van der Waals surface area contributed by atoms with Crippen molar-refractivity contribution in [2.45, 2.75) is 11.8 Å². The van der Waals surface area contributed by atoms with Gasteiger partial charge < -0.3 is 9.47 Å². The van der Waals surface area contributed by atoms with Gasteiger partial charge in [0.15, 0.2) is 11.6 Å². The minimum atomic E-state index is -3.81. The van der Waals surface area contributed by atoms with E-state index in [9.17, 15) is 12.8 Å². The highest BCUT2D eigenvalue weighted by atomic mass is 32.2. The molecule has 2 aromatic carbocycles. The second-order valence-electron chi connectivity index (χ2n) is 4.65. The molecule has 0 heterocycles. The molecule has 0 fully saturated rings. The van der Waals surface area contributed by atoms with Gasteiger partial charge in [-0.1, -0.05) is 0 Å². The predicted octanol–water partition coefficient (Wildman–Crippen LogP) is 2.55. The Labute approximate surface area is 140 Å². The fraction of sp³-hybridized carbons (Fsp3) is 0.188. The van der Waals surface area contributed by atoms with Gasteiger partial charge in [-0.3, -0.25) is 0 Å². The first-order chi connectivity index (χ1) is 11.5. The zero-order valence-corrected chi connectivity index (χ0v) is 14.0. The molecule has 2 rings (SSSR count). The van der Waals surface area contributed by atoms with E-state index in [-0.39, 0.29) is 10.6 Å². The van der Waals surface area contributed by atoms with Crippen LogP contribution in [0.4, 0.5) is 4.39 Å². The fourth-order valence-electron chi connectivity index (χ4n) is 1.87. The molecule has 0 saturated carbocycles. The highest BCUT2D eigenvalue weighted by Crippen LogP contribution is 2.17. The van der Waals surface area contributed by atoms with Crippen molar-refractivity contribution in [1.82, 2.24) is 4.83 Å². The van der Waals surface area contributed by atoms with Crippen LogP contribution in [0.1, 0.15) is 12.5 Å².